The summed E-state index contributed by atoms with van der Waals surface area (Å²) >= 11 is 6.28. The molecule has 0 N–H and O–H groups in total. The molecule has 106 valence electrons. The number of hydrogen-bond donors (Lipinski definition) is 0. The summed E-state index contributed by atoms with van der Waals surface area (Å²) in [6.45, 7) is 5.12. The third-order valence-corrected chi connectivity index (χ3v) is 5.20. The average molecular weight is 290 g/mol. The molecular weight excluding hydrogens is 262 g/mol. The minimum Gasteiger partial charge on any atom is -0.168 e. The second kappa shape index (κ2) is 11.9. The van der Waals surface area contributed by atoms with E-state index in [-0.39, 0.29) is 0 Å². The smallest absolute Gasteiger partial charge is 0.150 e. The van der Waals surface area contributed by atoms with Gasteiger partial charge in [-0.3, -0.25) is 0 Å². The van der Waals surface area contributed by atoms with Crippen molar-refractivity contribution in [3.8, 4) is 0 Å². The molecule has 5 heteroatoms. The van der Waals surface area contributed by atoms with Crippen LogP contribution in [0.25, 0.3) is 10.4 Å². The van der Waals surface area contributed by atoms with E-state index < -0.39 is 7.38 Å². The Morgan fingerprint density at radius 1 is 0.889 bits per heavy atom. The Bertz CT molecular complexity index is 235. The summed E-state index contributed by atoms with van der Waals surface area (Å²) in [7, 11) is -1.32. The Morgan fingerprint density at radius 2 is 1.33 bits per heavy atom. The van der Waals surface area contributed by atoms with Crippen LogP contribution in [0.3, 0.4) is 0 Å². The lowest BCUT2D eigenvalue weighted by molar-refractivity contribution is 0.566. The summed E-state index contributed by atoms with van der Waals surface area (Å²) in [5.41, 5.74) is 8.11. The van der Waals surface area contributed by atoms with E-state index >= 15 is 0 Å². The van der Waals surface area contributed by atoms with Gasteiger partial charge in [0.25, 0.3) is 0 Å². The first-order chi connectivity index (χ1) is 8.56. The number of halogens is 1. The third-order valence-electron chi connectivity index (χ3n) is 3.09. The van der Waals surface area contributed by atoms with Crippen LogP contribution in [-0.4, -0.2) is 13.9 Å². The number of rotatable bonds is 12. The normalized spacial score (nSPS) is 11.3. The number of hydrogen-bond acceptors (Lipinski definition) is 1. The second-order valence-corrected chi connectivity index (χ2v) is 12.6. The van der Waals surface area contributed by atoms with E-state index in [0.717, 1.165) is 6.42 Å². The fourth-order valence-corrected chi connectivity index (χ4v) is 3.50. The van der Waals surface area contributed by atoms with Crippen LogP contribution in [-0.2, 0) is 0 Å². The van der Waals surface area contributed by atoms with Crippen LogP contribution in [0.15, 0.2) is 5.11 Å². The molecule has 0 aromatic carbocycles. The zero-order valence-electron chi connectivity index (χ0n) is 12.0. The Labute approximate surface area is 118 Å². The van der Waals surface area contributed by atoms with E-state index in [9.17, 15) is 0 Å². The van der Waals surface area contributed by atoms with Gasteiger partial charge in [-0.05, 0) is 18.0 Å². The quantitative estimate of drug-likeness (QED) is 0.102. The maximum absolute atomic E-state index is 8.11. The molecular formula is C13H28ClN3Si. The summed E-state index contributed by atoms with van der Waals surface area (Å²) in [6, 6.07) is 1.26. The maximum Gasteiger partial charge on any atom is 0.150 e. The lowest BCUT2D eigenvalue weighted by Crippen LogP contribution is -2.14. The highest BCUT2D eigenvalue weighted by atomic mass is 35.6. The Morgan fingerprint density at radius 3 is 1.78 bits per heavy atom. The van der Waals surface area contributed by atoms with Gasteiger partial charge in [0.2, 0.25) is 0 Å². The Kier molecular flexibility index (Phi) is 11.8. The molecule has 0 fully saturated rings. The molecule has 0 unspecified atom stereocenters. The fraction of sp³-hybridized carbons (Fsp3) is 1.00. The second-order valence-electron chi connectivity index (χ2n) is 5.61. The highest BCUT2D eigenvalue weighted by Crippen LogP contribution is 2.19. The predicted octanol–water partition coefficient (Wildman–Crippen LogP) is 6.25. The van der Waals surface area contributed by atoms with Crippen LogP contribution < -0.4 is 0 Å². The topological polar surface area (TPSA) is 48.8 Å². The van der Waals surface area contributed by atoms with E-state index in [1.807, 2.05) is 0 Å². The molecule has 0 aromatic rings. The van der Waals surface area contributed by atoms with E-state index in [1.54, 1.807) is 0 Å². The molecule has 0 radical (unpaired) electrons. The van der Waals surface area contributed by atoms with Gasteiger partial charge >= 0.3 is 0 Å². The lowest BCUT2D eigenvalue weighted by atomic mass is 10.1. The summed E-state index contributed by atoms with van der Waals surface area (Å²) in [5, 5.41) is 3.53. The molecule has 18 heavy (non-hydrogen) atoms. The van der Waals surface area contributed by atoms with Gasteiger partial charge < -0.3 is 0 Å². The largest absolute Gasteiger partial charge is 0.168 e. The van der Waals surface area contributed by atoms with Crippen LogP contribution in [0, 0.1) is 0 Å². The minimum absolute atomic E-state index is 0.661. The molecule has 0 bridgehead atoms. The van der Waals surface area contributed by atoms with Crippen molar-refractivity contribution < 1.29 is 0 Å². The van der Waals surface area contributed by atoms with Gasteiger partial charge in [-0.25, -0.2) is 0 Å². The number of azide groups is 1. The van der Waals surface area contributed by atoms with Gasteiger partial charge in [-0.2, -0.15) is 11.1 Å². The molecule has 0 amide bonds. The van der Waals surface area contributed by atoms with Crippen molar-refractivity contribution in [3.05, 3.63) is 10.4 Å². The molecule has 0 rings (SSSR count). The van der Waals surface area contributed by atoms with Crippen molar-refractivity contribution >= 4 is 18.5 Å². The van der Waals surface area contributed by atoms with Crippen LogP contribution in [0.5, 0.6) is 0 Å². The molecule has 0 aliphatic carbocycles. The molecule has 0 aromatic heterocycles. The highest BCUT2D eigenvalue weighted by Gasteiger charge is 2.15. The summed E-state index contributed by atoms with van der Waals surface area (Å²) < 4.78 is 0. The molecule has 0 spiro atoms. The van der Waals surface area contributed by atoms with Gasteiger partial charge in [-0.1, -0.05) is 69.6 Å². The monoisotopic (exact) mass is 289 g/mol. The van der Waals surface area contributed by atoms with Crippen molar-refractivity contribution in [2.24, 2.45) is 5.11 Å². The Hall–Kier alpha value is -0.183. The number of unbranched alkanes of at least 4 members (excludes halogenated alkanes) is 8. The third kappa shape index (κ3) is 15.8. The molecule has 0 aliphatic rings. The fourth-order valence-electron chi connectivity index (χ4n) is 2.01. The van der Waals surface area contributed by atoms with Gasteiger partial charge in [0.15, 0.2) is 0 Å². The predicted molar refractivity (Wildman–Crippen MR) is 83.7 cm³/mol. The summed E-state index contributed by atoms with van der Waals surface area (Å²) in [4.78, 5) is 2.75. The molecule has 0 saturated heterocycles. The van der Waals surface area contributed by atoms with Crippen LogP contribution >= 0.6 is 11.1 Å². The summed E-state index contributed by atoms with van der Waals surface area (Å²) in [5.74, 6) is 0. The lowest BCUT2D eigenvalue weighted by Gasteiger charge is -2.11. The molecule has 0 heterocycles. The first kappa shape index (κ1) is 17.8. The van der Waals surface area contributed by atoms with Crippen molar-refractivity contribution in [2.45, 2.75) is 76.9 Å². The van der Waals surface area contributed by atoms with E-state index in [2.05, 4.69) is 23.1 Å². The van der Waals surface area contributed by atoms with Gasteiger partial charge in [-0.15, -0.1) is 0 Å². The standard InChI is InChI=1S/C13H28ClN3Si/c1-18(2,14)13-11-9-7-5-3-4-6-8-10-12-16-17-15/h3-13H2,1-2H3. The van der Waals surface area contributed by atoms with Crippen LogP contribution in [0.2, 0.25) is 19.1 Å². The van der Waals surface area contributed by atoms with Gasteiger partial charge in [0, 0.05) is 11.5 Å². The van der Waals surface area contributed by atoms with Crippen molar-refractivity contribution in [2.75, 3.05) is 6.54 Å². The maximum atomic E-state index is 8.11. The molecule has 0 saturated carbocycles. The zero-order valence-corrected chi connectivity index (χ0v) is 13.8. The molecule has 0 atom stereocenters. The van der Waals surface area contributed by atoms with E-state index in [4.69, 9.17) is 16.6 Å². The minimum atomic E-state index is -1.32. The zero-order chi connectivity index (χ0) is 13.7. The SMILES string of the molecule is C[Si](C)(Cl)CCCCCCCCCCCN=[N+]=[N-]. The molecule has 3 nitrogen and oxygen atoms in total. The van der Waals surface area contributed by atoms with Crippen LogP contribution in [0.1, 0.15) is 57.8 Å². The van der Waals surface area contributed by atoms with E-state index in [1.165, 1.54) is 57.4 Å². The number of nitrogens with zero attached hydrogens (tertiary/aromatic N) is 3. The van der Waals surface area contributed by atoms with E-state index in [0.29, 0.717) is 6.54 Å². The van der Waals surface area contributed by atoms with Crippen molar-refractivity contribution in [3.63, 3.8) is 0 Å². The van der Waals surface area contributed by atoms with Crippen molar-refractivity contribution in [1.82, 2.24) is 0 Å². The summed E-state index contributed by atoms with van der Waals surface area (Å²) in [6.07, 6.45) is 11.6. The van der Waals surface area contributed by atoms with Gasteiger partial charge in [0.1, 0.15) is 7.38 Å². The first-order valence-corrected chi connectivity index (χ1v) is 11.5. The molecule has 0 aliphatic heterocycles. The van der Waals surface area contributed by atoms with Crippen LogP contribution in [0.4, 0.5) is 0 Å². The highest BCUT2D eigenvalue weighted by molar-refractivity contribution is 7.19. The van der Waals surface area contributed by atoms with Gasteiger partial charge in [0.05, 0.1) is 0 Å². The first-order valence-electron chi connectivity index (χ1n) is 7.26. The average Bonchev–Trinajstić information content (AvgIpc) is 2.29. The Balaban J connectivity index is 3.05. The van der Waals surface area contributed by atoms with Crippen molar-refractivity contribution in [1.29, 1.82) is 0 Å².